The number of carboxylic acid groups (broad SMARTS) is 1. The number of aliphatic carboxylic acids is 1. The Kier molecular flexibility index (Phi) is 11.4. The monoisotopic (exact) mass is 707 g/mol. The van der Waals surface area contributed by atoms with Crippen molar-refractivity contribution in [2.75, 3.05) is 26.2 Å². The van der Waals surface area contributed by atoms with Crippen LogP contribution in [0.25, 0.3) is 5.57 Å². The van der Waals surface area contributed by atoms with Crippen LogP contribution < -0.4 is 10.1 Å². The highest BCUT2D eigenvalue weighted by Crippen LogP contribution is 2.37. The van der Waals surface area contributed by atoms with E-state index >= 15 is 0 Å². The maximum Gasteiger partial charge on any atom is 0.303 e. The number of carboxylic acids is 1. The van der Waals surface area contributed by atoms with Gasteiger partial charge in [0.25, 0.3) is 5.91 Å². The van der Waals surface area contributed by atoms with Gasteiger partial charge in [-0.25, -0.2) is 13.2 Å². The number of carbonyl (C=O) groups excluding carboxylic acids is 2. The lowest BCUT2D eigenvalue weighted by Crippen LogP contribution is -2.62. The lowest BCUT2D eigenvalue weighted by molar-refractivity contribution is -0.138. The minimum Gasteiger partial charge on any atom is -0.488 e. The standard InChI is InChI=1S/C39H41F4N3O5/c40-27-12-8-25(9-13-27)18-19-46(29-14-15-29)39(50)36-30(21-28-22-45(23-33(36)44-28)34(47)4-1-5-35(48)49)26-10-6-24(7-11-26)3-2-20-51-38-32(42)17-16-31(41)37(38)43/h6-13,16-17,28-29,33,44H,1-5,14-15,18-23H2,(H,48,49)/t28-,33-/m1/s1. The number of hydrogen-bond acceptors (Lipinski definition) is 5. The molecule has 3 aliphatic rings. The minimum atomic E-state index is -1.36. The van der Waals surface area contributed by atoms with E-state index in [1.807, 2.05) is 29.2 Å². The second-order valence-electron chi connectivity index (χ2n) is 13.5. The molecule has 1 saturated heterocycles. The van der Waals surface area contributed by atoms with E-state index in [4.69, 9.17) is 9.84 Å². The maximum atomic E-state index is 14.6. The summed E-state index contributed by atoms with van der Waals surface area (Å²) in [6, 6.07) is 15.2. The lowest BCUT2D eigenvalue weighted by atomic mass is 9.82. The van der Waals surface area contributed by atoms with E-state index in [9.17, 15) is 31.9 Å². The SMILES string of the molecule is O=C(O)CCCC(=O)N1C[C@H]2CC(c3ccc(CCCOc4c(F)ccc(F)c4F)cc3)=C(C(=O)N(CCc3ccc(F)cc3)C3CC3)[C@@H](C1)N2. The van der Waals surface area contributed by atoms with Crippen LogP contribution in [0.1, 0.15) is 61.6 Å². The van der Waals surface area contributed by atoms with E-state index in [0.29, 0.717) is 50.4 Å². The predicted octanol–water partition coefficient (Wildman–Crippen LogP) is 6.07. The van der Waals surface area contributed by atoms with Gasteiger partial charge in [0.2, 0.25) is 11.7 Å². The van der Waals surface area contributed by atoms with Gasteiger partial charge in [-0.15, -0.1) is 0 Å². The Bertz CT molecular complexity index is 1780. The van der Waals surface area contributed by atoms with E-state index < -0.39 is 35.2 Å². The number of aryl methyl sites for hydroxylation is 1. The minimum absolute atomic E-state index is 0.0155. The molecule has 0 radical (unpaired) electrons. The van der Waals surface area contributed by atoms with Gasteiger partial charge >= 0.3 is 5.97 Å². The molecule has 0 spiro atoms. The third-order valence-electron chi connectivity index (χ3n) is 9.73. The summed E-state index contributed by atoms with van der Waals surface area (Å²) in [5.41, 5.74) is 4.28. The lowest BCUT2D eigenvalue weighted by Gasteiger charge is -2.45. The summed E-state index contributed by atoms with van der Waals surface area (Å²) in [6.45, 7) is 1.17. The van der Waals surface area contributed by atoms with Crippen LogP contribution in [0.5, 0.6) is 5.75 Å². The molecule has 1 saturated carbocycles. The van der Waals surface area contributed by atoms with Crippen molar-refractivity contribution in [3.8, 4) is 5.75 Å². The van der Waals surface area contributed by atoms with Crippen molar-refractivity contribution in [2.45, 2.75) is 75.9 Å². The summed E-state index contributed by atoms with van der Waals surface area (Å²) in [5.74, 6) is -5.73. The van der Waals surface area contributed by atoms with Gasteiger partial charge in [-0.3, -0.25) is 14.4 Å². The summed E-state index contributed by atoms with van der Waals surface area (Å²) in [6.07, 6.45) is 4.10. The van der Waals surface area contributed by atoms with Crippen molar-refractivity contribution >= 4 is 23.4 Å². The Balaban J connectivity index is 1.20. The number of halogens is 4. The Morgan fingerprint density at radius 1 is 0.843 bits per heavy atom. The fourth-order valence-electron chi connectivity index (χ4n) is 6.98. The summed E-state index contributed by atoms with van der Waals surface area (Å²) < 4.78 is 60.1. The van der Waals surface area contributed by atoms with E-state index in [-0.39, 0.29) is 62.1 Å². The topological polar surface area (TPSA) is 99.2 Å². The van der Waals surface area contributed by atoms with Crippen LogP contribution >= 0.6 is 0 Å². The molecule has 0 aromatic heterocycles. The van der Waals surface area contributed by atoms with Crippen molar-refractivity contribution < 1.29 is 41.8 Å². The molecule has 2 N–H and O–H groups in total. The van der Waals surface area contributed by atoms with Gasteiger partial charge in [0.1, 0.15) is 5.82 Å². The highest BCUT2D eigenvalue weighted by Gasteiger charge is 2.43. The maximum absolute atomic E-state index is 14.6. The van der Waals surface area contributed by atoms with Crippen LogP contribution in [0.3, 0.4) is 0 Å². The molecule has 2 heterocycles. The summed E-state index contributed by atoms with van der Waals surface area (Å²) >= 11 is 0. The Labute approximate surface area is 294 Å². The normalized spacial score (nSPS) is 18.5. The first-order valence-electron chi connectivity index (χ1n) is 17.5. The third kappa shape index (κ3) is 8.97. The zero-order valence-corrected chi connectivity index (χ0v) is 28.2. The van der Waals surface area contributed by atoms with E-state index in [1.165, 1.54) is 12.1 Å². The zero-order chi connectivity index (χ0) is 36.1. The van der Waals surface area contributed by atoms with Crippen LogP contribution in [-0.4, -0.2) is 77.1 Å². The van der Waals surface area contributed by atoms with Crippen molar-refractivity contribution in [3.63, 3.8) is 0 Å². The second-order valence-corrected chi connectivity index (χ2v) is 13.5. The average molecular weight is 708 g/mol. The molecular formula is C39H41F4N3O5. The molecule has 1 aliphatic carbocycles. The molecule has 2 bridgehead atoms. The van der Waals surface area contributed by atoms with Crippen LogP contribution in [0.2, 0.25) is 0 Å². The molecule has 270 valence electrons. The Hall–Kier alpha value is -4.71. The van der Waals surface area contributed by atoms with Crippen molar-refractivity contribution in [1.29, 1.82) is 0 Å². The van der Waals surface area contributed by atoms with Crippen LogP contribution in [0.15, 0.2) is 66.2 Å². The molecule has 2 amide bonds. The quantitative estimate of drug-likeness (QED) is 0.113. The van der Waals surface area contributed by atoms with Gasteiger partial charge in [-0.1, -0.05) is 36.4 Å². The predicted molar refractivity (Wildman–Crippen MR) is 182 cm³/mol. The number of fused-ring (bicyclic) bond motifs is 2. The fraction of sp³-hybridized carbons (Fsp3) is 0.410. The van der Waals surface area contributed by atoms with Crippen LogP contribution in [0.4, 0.5) is 17.6 Å². The van der Waals surface area contributed by atoms with Crippen molar-refractivity contribution in [1.82, 2.24) is 15.1 Å². The van der Waals surface area contributed by atoms with Gasteiger partial charge in [0.05, 0.1) is 12.6 Å². The molecule has 8 nitrogen and oxygen atoms in total. The third-order valence-corrected chi connectivity index (χ3v) is 9.73. The molecule has 6 rings (SSSR count). The Morgan fingerprint density at radius 3 is 2.24 bits per heavy atom. The zero-order valence-electron chi connectivity index (χ0n) is 28.2. The molecule has 0 unspecified atom stereocenters. The van der Waals surface area contributed by atoms with Gasteiger partial charge in [0.15, 0.2) is 17.4 Å². The highest BCUT2D eigenvalue weighted by atomic mass is 19.2. The molecular weight excluding hydrogens is 666 g/mol. The van der Waals surface area contributed by atoms with Gasteiger partial charge in [-0.05, 0) is 91.5 Å². The fourth-order valence-corrected chi connectivity index (χ4v) is 6.98. The second kappa shape index (κ2) is 16.1. The number of hydrogen-bond donors (Lipinski definition) is 2. The van der Waals surface area contributed by atoms with Crippen molar-refractivity contribution in [3.05, 3.63) is 106 Å². The average Bonchev–Trinajstić information content (AvgIpc) is 3.95. The van der Waals surface area contributed by atoms with E-state index in [0.717, 1.165) is 41.2 Å². The first kappa shape index (κ1) is 36.1. The summed E-state index contributed by atoms with van der Waals surface area (Å²) in [5, 5.41) is 12.6. The number of nitrogens with zero attached hydrogens (tertiary/aromatic N) is 2. The first-order valence-corrected chi connectivity index (χ1v) is 17.5. The number of nitrogens with one attached hydrogen (secondary N) is 1. The molecule has 2 aliphatic heterocycles. The molecule has 2 atom stereocenters. The summed E-state index contributed by atoms with van der Waals surface area (Å²) in [7, 11) is 0. The van der Waals surface area contributed by atoms with Gasteiger partial charge < -0.3 is 25.0 Å². The number of piperazine rings is 1. The largest absolute Gasteiger partial charge is 0.488 e. The highest BCUT2D eigenvalue weighted by molar-refractivity contribution is 6.03. The number of ether oxygens (including phenoxy) is 1. The smallest absolute Gasteiger partial charge is 0.303 e. The summed E-state index contributed by atoms with van der Waals surface area (Å²) in [4.78, 5) is 42.4. The number of benzene rings is 3. The number of carbonyl (C=O) groups is 3. The first-order chi connectivity index (χ1) is 24.6. The molecule has 51 heavy (non-hydrogen) atoms. The van der Waals surface area contributed by atoms with Crippen molar-refractivity contribution in [2.24, 2.45) is 0 Å². The Morgan fingerprint density at radius 2 is 1.53 bits per heavy atom. The van der Waals surface area contributed by atoms with Gasteiger partial charge in [0, 0.05) is 50.1 Å². The molecule has 3 aromatic rings. The van der Waals surface area contributed by atoms with Crippen LogP contribution in [0, 0.1) is 23.3 Å². The van der Waals surface area contributed by atoms with Crippen LogP contribution in [-0.2, 0) is 27.2 Å². The van der Waals surface area contributed by atoms with E-state index in [1.54, 1.807) is 17.0 Å². The molecule has 3 aromatic carbocycles. The molecule has 2 fully saturated rings. The van der Waals surface area contributed by atoms with E-state index in [2.05, 4.69) is 5.32 Å². The number of rotatable bonds is 15. The molecule has 12 heteroatoms. The van der Waals surface area contributed by atoms with Gasteiger partial charge in [-0.2, -0.15) is 4.39 Å². The number of amides is 2.